The summed E-state index contributed by atoms with van der Waals surface area (Å²) in [6, 6.07) is 7.94. The second kappa shape index (κ2) is 6.44. The number of amides is 1. The van der Waals surface area contributed by atoms with Crippen LogP contribution in [0.5, 0.6) is 0 Å². The van der Waals surface area contributed by atoms with E-state index in [9.17, 15) is 9.18 Å². The molecule has 0 spiro atoms. The minimum absolute atomic E-state index is 0.138. The Morgan fingerprint density at radius 2 is 2.12 bits per heavy atom. The number of halogens is 3. The summed E-state index contributed by atoms with van der Waals surface area (Å²) >= 11 is 9.15. The van der Waals surface area contributed by atoms with E-state index in [2.05, 4.69) is 36.5 Å². The molecule has 1 aliphatic heterocycles. The smallest absolute Gasteiger partial charge is 0.226 e. The molecule has 3 heterocycles. The lowest BCUT2D eigenvalue weighted by atomic mass is 9.85. The number of anilines is 1. The van der Waals surface area contributed by atoms with Crippen LogP contribution in [0.1, 0.15) is 29.2 Å². The van der Waals surface area contributed by atoms with Gasteiger partial charge < -0.3 is 5.32 Å². The summed E-state index contributed by atoms with van der Waals surface area (Å²) in [6.45, 7) is 1.82. The molecule has 1 atom stereocenters. The van der Waals surface area contributed by atoms with Crippen molar-refractivity contribution in [2.24, 2.45) is 0 Å². The average molecular weight is 437 g/mol. The first-order valence-electron chi connectivity index (χ1n) is 7.78. The Morgan fingerprint density at radius 1 is 1.31 bits per heavy atom. The van der Waals surface area contributed by atoms with Gasteiger partial charge >= 0.3 is 0 Å². The third-order valence-corrected chi connectivity index (χ3v) is 4.97. The molecule has 0 aliphatic carbocycles. The molecule has 2 aromatic heterocycles. The fourth-order valence-corrected chi connectivity index (χ4v) is 3.66. The normalized spacial score (nSPS) is 16.3. The molecule has 4 rings (SSSR count). The van der Waals surface area contributed by atoms with Crippen molar-refractivity contribution in [2.75, 3.05) is 5.32 Å². The van der Waals surface area contributed by atoms with Crippen LogP contribution < -0.4 is 5.32 Å². The third kappa shape index (κ3) is 2.89. The number of nitrogens with zero attached hydrogens (tertiary/aromatic N) is 4. The lowest BCUT2D eigenvalue weighted by Crippen LogP contribution is -2.25. The highest BCUT2D eigenvalue weighted by molar-refractivity contribution is 9.10. The van der Waals surface area contributed by atoms with Crippen molar-refractivity contribution in [2.45, 2.75) is 19.3 Å². The van der Waals surface area contributed by atoms with Gasteiger partial charge in [-0.05, 0) is 42.8 Å². The van der Waals surface area contributed by atoms with Crippen LogP contribution in [0.2, 0.25) is 5.15 Å². The highest BCUT2D eigenvalue weighted by Gasteiger charge is 2.34. The largest absolute Gasteiger partial charge is 0.310 e. The van der Waals surface area contributed by atoms with Gasteiger partial charge in [0.1, 0.15) is 11.6 Å². The third-order valence-electron chi connectivity index (χ3n) is 4.27. The van der Waals surface area contributed by atoms with Crippen LogP contribution in [-0.4, -0.2) is 25.9 Å². The van der Waals surface area contributed by atoms with Gasteiger partial charge in [-0.1, -0.05) is 27.5 Å². The van der Waals surface area contributed by atoms with Gasteiger partial charge in [-0.15, -0.1) is 10.2 Å². The summed E-state index contributed by atoms with van der Waals surface area (Å²) in [5.41, 5.74) is 1.89. The van der Waals surface area contributed by atoms with Crippen LogP contribution in [0.3, 0.4) is 0 Å². The van der Waals surface area contributed by atoms with E-state index >= 15 is 0 Å². The highest BCUT2D eigenvalue weighted by Crippen LogP contribution is 2.41. The molecule has 1 amide bonds. The van der Waals surface area contributed by atoms with E-state index in [-0.39, 0.29) is 23.3 Å². The number of rotatable bonds is 2. The lowest BCUT2D eigenvalue weighted by molar-refractivity contribution is -0.116. The molecule has 26 heavy (non-hydrogen) atoms. The van der Waals surface area contributed by atoms with Gasteiger partial charge in [0, 0.05) is 22.4 Å². The van der Waals surface area contributed by atoms with Crippen LogP contribution in [0.25, 0.3) is 5.82 Å². The fourth-order valence-electron chi connectivity index (χ4n) is 3.18. The Bertz CT molecular complexity index is 1020. The predicted molar refractivity (Wildman–Crippen MR) is 98.1 cm³/mol. The first-order valence-corrected chi connectivity index (χ1v) is 8.95. The zero-order chi connectivity index (χ0) is 18.4. The average Bonchev–Trinajstić information content (AvgIpc) is 2.94. The van der Waals surface area contributed by atoms with Crippen LogP contribution in [0.4, 0.5) is 10.2 Å². The molecule has 0 radical (unpaired) electrons. The molecule has 0 saturated carbocycles. The number of carbonyl (C=O) groups is 1. The van der Waals surface area contributed by atoms with Crippen LogP contribution >= 0.6 is 27.5 Å². The molecular formula is C17H12BrClFN5O. The Morgan fingerprint density at radius 3 is 2.85 bits per heavy atom. The molecule has 6 nitrogen and oxygen atoms in total. The van der Waals surface area contributed by atoms with E-state index in [0.29, 0.717) is 22.9 Å². The van der Waals surface area contributed by atoms with Crippen molar-refractivity contribution in [3.63, 3.8) is 0 Å². The number of benzene rings is 1. The molecule has 9 heteroatoms. The van der Waals surface area contributed by atoms with E-state index in [1.54, 1.807) is 24.3 Å². The van der Waals surface area contributed by atoms with Crippen molar-refractivity contribution in [3.05, 3.63) is 62.6 Å². The zero-order valence-electron chi connectivity index (χ0n) is 13.5. The van der Waals surface area contributed by atoms with Crippen molar-refractivity contribution in [3.8, 4) is 5.82 Å². The van der Waals surface area contributed by atoms with E-state index in [0.717, 1.165) is 10.0 Å². The van der Waals surface area contributed by atoms with Crippen molar-refractivity contribution < 1.29 is 9.18 Å². The summed E-state index contributed by atoms with van der Waals surface area (Å²) in [5.74, 6) is -0.137. The van der Waals surface area contributed by atoms with Gasteiger partial charge in [-0.2, -0.15) is 9.78 Å². The number of nitrogens with one attached hydrogen (secondary N) is 1. The van der Waals surface area contributed by atoms with E-state index in [1.165, 1.54) is 10.7 Å². The minimum atomic E-state index is -0.440. The summed E-state index contributed by atoms with van der Waals surface area (Å²) < 4.78 is 16.7. The Labute approximate surface area is 161 Å². The standard InChI is InChI=1S/C17H12BrClFN5O/c1-8-16-11(10-6-9(18)2-3-12(10)20)7-15(26)21-17(16)25(24-8)14-5-4-13(19)22-23-14/h2-6,11H,7H2,1H3,(H,21,26). The minimum Gasteiger partial charge on any atom is -0.310 e. The zero-order valence-corrected chi connectivity index (χ0v) is 15.8. The molecule has 1 aliphatic rings. The van der Waals surface area contributed by atoms with E-state index < -0.39 is 5.92 Å². The van der Waals surface area contributed by atoms with Gasteiger partial charge in [0.25, 0.3) is 0 Å². The first kappa shape index (κ1) is 17.1. The summed E-state index contributed by atoms with van der Waals surface area (Å²) in [4.78, 5) is 12.3. The quantitative estimate of drug-likeness (QED) is 0.659. The molecule has 0 bridgehead atoms. The van der Waals surface area contributed by atoms with Crippen LogP contribution in [0, 0.1) is 12.7 Å². The molecule has 3 aromatic rings. The molecule has 1 unspecified atom stereocenters. The Balaban J connectivity index is 1.90. The lowest BCUT2D eigenvalue weighted by Gasteiger charge is -2.24. The molecule has 0 saturated heterocycles. The number of hydrogen-bond acceptors (Lipinski definition) is 4. The van der Waals surface area contributed by atoms with Gasteiger partial charge in [0.15, 0.2) is 11.0 Å². The fraction of sp³-hybridized carbons (Fsp3) is 0.176. The SMILES string of the molecule is Cc1nn(-c2ccc(Cl)nn2)c2c1C(c1cc(Br)ccc1F)CC(=O)N2. The summed E-state index contributed by atoms with van der Waals surface area (Å²) in [7, 11) is 0. The number of hydrogen-bond donors (Lipinski definition) is 1. The first-order chi connectivity index (χ1) is 12.4. The van der Waals surface area contributed by atoms with Crippen molar-refractivity contribution >= 4 is 39.3 Å². The van der Waals surface area contributed by atoms with Crippen LogP contribution in [0.15, 0.2) is 34.8 Å². The maximum absolute atomic E-state index is 14.5. The number of aromatic nitrogens is 4. The second-order valence-electron chi connectivity index (χ2n) is 5.94. The number of aryl methyl sites for hydroxylation is 1. The molecule has 1 N–H and O–H groups in total. The van der Waals surface area contributed by atoms with Crippen molar-refractivity contribution in [1.29, 1.82) is 0 Å². The monoisotopic (exact) mass is 435 g/mol. The highest BCUT2D eigenvalue weighted by atomic mass is 79.9. The molecular weight excluding hydrogens is 425 g/mol. The van der Waals surface area contributed by atoms with Gasteiger partial charge in [0.05, 0.1) is 5.69 Å². The summed E-state index contributed by atoms with van der Waals surface area (Å²) in [6.07, 6.45) is 0.138. The predicted octanol–water partition coefficient (Wildman–Crippen LogP) is 4.00. The van der Waals surface area contributed by atoms with Gasteiger partial charge in [-0.25, -0.2) is 4.39 Å². The van der Waals surface area contributed by atoms with Crippen molar-refractivity contribution in [1.82, 2.24) is 20.0 Å². The maximum Gasteiger partial charge on any atom is 0.226 e. The second-order valence-corrected chi connectivity index (χ2v) is 7.25. The van der Waals surface area contributed by atoms with Gasteiger partial charge in [-0.3, -0.25) is 4.79 Å². The van der Waals surface area contributed by atoms with E-state index in [4.69, 9.17) is 11.6 Å². The summed E-state index contributed by atoms with van der Waals surface area (Å²) in [5, 5.41) is 15.4. The molecule has 0 fully saturated rings. The maximum atomic E-state index is 14.5. The Hall–Kier alpha value is -2.32. The van der Waals surface area contributed by atoms with Crippen LogP contribution in [-0.2, 0) is 4.79 Å². The van der Waals surface area contributed by atoms with E-state index in [1.807, 2.05) is 6.92 Å². The molecule has 1 aromatic carbocycles. The number of carbonyl (C=O) groups excluding carboxylic acids is 1. The topological polar surface area (TPSA) is 72.7 Å². The number of fused-ring (bicyclic) bond motifs is 1. The molecule has 132 valence electrons. The Kier molecular flexibility index (Phi) is 4.24. The van der Waals surface area contributed by atoms with Gasteiger partial charge in [0.2, 0.25) is 5.91 Å².